The van der Waals surface area contributed by atoms with Crippen molar-refractivity contribution in [3.8, 4) is 11.1 Å². The highest BCUT2D eigenvalue weighted by Gasteiger charge is 2.25. The van der Waals surface area contributed by atoms with Crippen molar-refractivity contribution in [1.29, 1.82) is 0 Å². The summed E-state index contributed by atoms with van der Waals surface area (Å²) in [6.45, 7) is 0. The molecule has 4 rings (SSSR count). The van der Waals surface area contributed by atoms with E-state index in [1.54, 1.807) is 0 Å². The number of benzene rings is 1. The molecule has 0 atom stereocenters. The van der Waals surface area contributed by atoms with E-state index in [-0.39, 0.29) is 0 Å². The molecule has 2 aromatic heterocycles. The molecular weight excluding hydrogens is 330 g/mol. The van der Waals surface area contributed by atoms with Gasteiger partial charge in [0.05, 0.1) is 5.69 Å². The Morgan fingerprint density at radius 1 is 1.22 bits per heavy atom. The van der Waals surface area contributed by atoms with Crippen molar-refractivity contribution in [3.05, 3.63) is 45.4 Å². The van der Waals surface area contributed by atoms with Crippen molar-refractivity contribution in [3.63, 3.8) is 0 Å². The number of fused-ring (bicyclic) bond motifs is 2. The minimum Gasteiger partial charge on any atom is -0.397 e. The zero-order valence-corrected chi connectivity index (χ0v) is 13.8. The summed E-state index contributed by atoms with van der Waals surface area (Å²) < 4.78 is 0. The van der Waals surface area contributed by atoms with Gasteiger partial charge in [-0.05, 0) is 48.1 Å². The van der Waals surface area contributed by atoms with Crippen molar-refractivity contribution < 1.29 is 4.79 Å². The maximum atomic E-state index is 11.6. The number of nitrogen functional groups attached to an aromatic ring is 1. The van der Waals surface area contributed by atoms with E-state index >= 15 is 0 Å². The third-order valence-corrected chi connectivity index (χ3v) is 5.63. The van der Waals surface area contributed by atoms with E-state index < -0.39 is 5.91 Å². The normalized spacial score (nSPS) is 13.4. The van der Waals surface area contributed by atoms with Crippen LogP contribution in [0.2, 0.25) is 5.02 Å². The van der Waals surface area contributed by atoms with Gasteiger partial charge in [0, 0.05) is 16.1 Å². The summed E-state index contributed by atoms with van der Waals surface area (Å²) in [7, 11) is 0. The number of amides is 1. The van der Waals surface area contributed by atoms with E-state index in [4.69, 9.17) is 28.1 Å². The number of rotatable bonds is 2. The quantitative estimate of drug-likeness (QED) is 0.742. The summed E-state index contributed by atoms with van der Waals surface area (Å²) in [5, 5.41) is 1.53. The highest BCUT2D eigenvalue weighted by atomic mass is 35.5. The lowest BCUT2D eigenvalue weighted by atomic mass is 9.96. The highest BCUT2D eigenvalue weighted by molar-refractivity contribution is 7.21. The van der Waals surface area contributed by atoms with E-state index in [1.807, 2.05) is 24.3 Å². The molecule has 116 valence electrons. The molecule has 0 saturated heterocycles. The molecule has 0 radical (unpaired) electrons. The van der Waals surface area contributed by atoms with Gasteiger partial charge in [-0.15, -0.1) is 11.3 Å². The number of pyridine rings is 1. The maximum absolute atomic E-state index is 11.6. The van der Waals surface area contributed by atoms with Crippen molar-refractivity contribution in [1.82, 2.24) is 4.98 Å². The molecule has 0 aliphatic heterocycles. The first-order valence-corrected chi connectivity index (χ1v) is 8.55. The molecule has 0 unspecified atom stereocenters. The van der Waals surface area contributed by atoms with Crippen molar-refractivity contribution in [2.45, 2.75) is 19.3 Å². The van der Waals surface area contributed by atoms with Gasteiger partial charge in [-0.25, -0.2) is 4.98 Å². The van der Waals surface area contributed by atoms with Crippen LogP contribution >= 0.6 is 22.9 Å². The third-order valence-electron chi connectivity index (χ3n) is 4.26. The van der Waals surface area contributed by atoms with Gasteiger partial charge in [0.15, 0.2) is 0 Å². The van der Waals surface area contributed by atoms with Crippen LogP contribution in [0.3, 0.4) is 0 Å². The zero-order chi connectivity index (χ0) is 16.1. The fraction of sp³-hybridized carbons (Fsp3) is 0.176. The van der Waals surface area contributed by atoms with Gasteiger partial charge in [0.2, 0.25) is 0 Å². The molecule has 2 heterocycles. The maximum Gasteiger partial charge on any atom is 0.260 e. The Morgan fingerprint density at radius 3 is 2.65 bits per heavy atom. The van der Waals surface area contributed by atoms with Crippen LogP contribution in [0, 0.1) is 0 Å². The first-order chi connectivity index (χ1) is 11.1. The van der Waals surface area contributed by atoms with Crippen LogP contribution in [0.15, 0.2) is 24.3 Å². The van der Waals surface area contributed by atoms with E-state index in [0.717, 1.165) is 46.3 Å². The second-order valence-electron chi connectivity index (χ2n) is 5.66. The molecule has 0 fully saturated rings. The SMILES string of the molecule is NC(=O)c1sc2nc3c(c(-c4ccc(Cl)cc4)c2c1N)CCC3. The average Bonchev–Trinajstić information content (AvgIpc) is 3.11. The number of aromatic nitrogens is 1. The largest absolute Gasteiger partial charge is 0.397 e. The van der Waals surface area contributed by atoms with Crippen LogP contribution in [0.4, 0.5) is 5.69 Å². The van der Waals surface area contributed by atoms with Crippen LogP contribution in [0.25, 0.3) is 21.3 Å². The number of aryl methyl sites for hydroxylation is 1. The molecule has 1 aliphatic rings. The smallest absolute Gasteiger partial charge is 0.260 e. The molecule has 1 aliphatic carbocycles. The predicted molar refractivity (Wildman–Crippen MR) is 95.0 cm³/mol. The highest BCUT2D eigenvalue weighted by Crippen LogP contribution is 2.44. The molecule has 0 saturated carbocycles. The fourth-order valence-electron chi connectivity index (χ4n) is 3.26. The Morgan fingerprint density at radius 2 is 1.96 bits per heavy atom. The summed E-state index contributed by atoms with van der Waals surface area (Å²) in [6.07, 6.45) is 3.01. The summed E-state index contributed by atoms with van der Waals surface area (Å²) in [4.78, 5) is 17.5. The Bertz CT molecular complexity index is 947. The standard InChI is InChI=1S/C17H14ClN3OS/c18-9-6-4-8(5-7-9)12-10-2-1-3-11(10)21-17-13(12)14(19)15(23-17)16(20)22/h4-7H,1-3,19H2,(H2,20,22). The molecule has 3 aromatic rings. The second kappa shape index (κ2) is 5.22. The zero-order valence-electron chi connectivity index (χ0n) is 12.2. The minimum absolute atomic E-state index is 0.381. The average molecular weight is 344 g/mol. The molecule has 4 N–H and O–H groups in total. The molecule has 0 spiro atoms. The van der Waals surface area contributed by atoms with Gasteiger partial charge in [0.25, 0.3) is 5.91 Å². The first-order valence-electron chi connectivity index (χ1n) is 7.35. The number of hydrogen-bond donors (Lipinski definition) is 2. The molecule has 1 aromatic carbocycles. The van der Waals surface area contributed by atoms with E-state index in [0.29, 0.717) is 15.6 Å². The number of carbonyl (C=O) groups excluding carboxylic acids is 1. The number of primary amides is 1. The molecule has 6 heteroatoms. The topological polar surface area (TPSA) is 82.0 Å². The van der Waals surface area contributed by atoms with Gasteiger partial charge >= 0.3 is 0 Å². The van der Waals surface area contributed by atoms with Gasteiger partial charge in [0.1, 0.15) is 9.71 Å². The molecular formula is C17H14ClN3OS. The lowest BCUT2D eigenvalue weighted by Crippen LogP contribution is -2.10. The van der Waals surface area contributed by atoms with E-state index in [2.05, 4.69) is 0 Å². The number of nitrogens with zero attached hydrogens (tertiary/aromatic N) is 1. The summed E-state index contributed by atoms with van der Waals surface area (Å²) in [6, 6.07) is 7.69. The predicted octanol–water partition coefficient (Wildman–Crippen LogP) is 3.79. The number of nitrogens with two attached hydrogens (primary N) is 2. The lowest BCUT2D eigenvalue weighted by molar-refractivity contribution is 0.100. The summed E-state index contributed by atoms with van der Waals surface area (Å²) in [5.74, 6) is -0.507. The number of halogens is 1. The Hall–Kier alpha value is -2.11. The Balaban J connectivity index is 2.11. The van der Waals surface area contributed by atoms with Crippen LogP contribution < -0.4 is 11.5 Å². The number of thiophene rings is 1. The van der Waals surface area contributed by atoms with Crippen molar-refractivity contribution in [2.24, 2.45) is 5.73 Å². The minimum atomic E-state index is -0.507. The van der Waals surface area contributed by atoms with Gasteiger partial charge in [-0.3, -0.25) is 4.79 Å². The summed E-state index contributed by atoms with van der Waals surface area (Å²) >= 11 is 7.29. The van der Waals surface area contributed by atoms with E-state index in [1.165, 1.54) is 16.9 Å². The molecule has 0 bridgehead atoms. The molecule has 1 amide bonds. The first kappa shape index (κ1) is 14.5. The lowest BCUT2D eigenvalue weighted by Gasteiger charge is -2.11. The van der Waals surface area contributed by atoms with E-state index in [9.17, 15) is 4.79 Å². The molecule has 4 nitrogen and oxygen atoms in total. The fourth-order valence-corrected chi connectivity index (χ4v) is 4.37. The van der Waals surface area contributed by atoms with Crippen molar-refractivity contribution >= 4 is 44.7 Å². The van der Waals surface area contributed by atoms with Crippen molar-refractivity contribution in [2.75, 3.05) is 5.73 Å². The Kier molecular flexibility index (Phi) is 3.28. The monoisotopic (exact) mass is 343 g/mol. The Labute approximate surface area is 142 Å². The molecule has 23 heavy (non-hydrogen) atoms. The number of hydrogen-bond acceptors (Lipinski definition) is 4. The number of anilines is 1. The number of carbonyl (C=O) groups is 1. The van der Waals surface area contributed by atoms with Gasteiger partial charge in [-0.2, -0.15) is 0 Å². The third kappa shape index (κ3) is 2.19. The van der Waals surface area contributed by atoms with Crippen LogP contribution in [0.5, 0.6) is 0 Å². The van der Waals surface area contributed by atoms with Crippen LogP contribution in [0.1, 0.15) is 27.3 Å². The van der Waals surface area contributed by atoms with Gasteiger partial charge < -0.3 is 11.5 Å². The van der Waals surface area contributed by atoms with Crippen LogP contribution in [-0.2, 0) is 12.8 Å². The summed E-state index contributed by atoms with van der Waals surface area (Å²) in [5.41, 5.74) is 16.6. The van der Waals surface area contributed by atoms with Crippen LogP contribution in [-0.4, -0.2) is 10.9 Å². The second-order valence-corrected chi connectivity index (χ2v) is 7.10. The van der Waals surface area contributed by atoms with Gasteiger partial charge in [-0.1, -0.05) is 23.7 Å².